The molecule has 14 heavy (non-hydrogen) atoms. The van der Waals surface area contributed by atoms with E-state index in [1.807, 2.05) is 0 Å². The molecular formula is C10H14FNOS. The lowest BCUT2D eigenvalue weighted by Crippen LogP contribution is -2.03. The third kappa shape index (κ3) is 3.10. The molecule has 0 atom stereocenters. The summed E-state index contributed by atoms with van der Waals surface area (Å²) in [6, 6.07) is 4.42. The van der Waals surface area contributed by atoms with E-state index in [0.717, 1.165) is 18.7 Å². The SMILES string of the molecule is COc1ccc(F)cc1NCCCS. The Balaban J connectivity index is 2.67. The van der Waals surface area contributed by atoms with Crippen LogP contribution in [0.2, 0.25) is 0 Å². The first-order valence-electron chi connectivity index (χ1n) is 4.46. The van der Waals surface area contributed by atoms with Crippen molar-refractivity contribution in [2.75, 3.05) is 24.7 Å². The summed E-state index contributed by atoms with van der Waals surface area (Å²) < 4.78 is 18.0. The molecule has 0 aliphatic heterocycles. The summed E-state index contributed by atoms with van der Waals surface area (Å²) in [5.41, 5.74) is 0.689. The second kappa shape index (κ2) is 5.75. The molecule has 0 unspecified atom stereocenters. The van der Waals surface area contributed by atoms with Crippen molar-refractivity contribution in [2.24, 2.45) is 0 Å². The Morgan fingerprint density at radius 1 is 1.50 bits per heavy atom. The number of nitrogens with one attached hydrogen (secondary N) is 1. The third-order valence-electron chi connectivity index (χ3n) is 1.81. The molecule has 1 rings (SSSR count). The molecule has 1 N–H and O–H groups in total. The predicted octanol–water partition coefficient (Wildman–Crippen LogP) is 2.57. The Labute approximate surface area is 88.9 Å². The van der Waals surface area contributed by atoms with E-state index in [0.29, 0.717) is 11.4 Å². The highest BCUT2D eigenvalue weighted by Crippen LogP contribution is 2.24. The van der Waals surface area contributed by atoms with Gasteiger partial charge in [0.2, 0.25) is 0 Å². The lowest BCUT2D eigenvalue weighted by Gasteiger charge is -2.10. The van der Waals surface area contributed by atoms with Gasteiger partial charge in [0.1, 0.15) is 11.6 Å². The van der Waals surface area contributed by atoms with E-state index in [4.69, 9.17) is 4.74 Å². The van der Waals surface area contributed by atoms with Gasteiger partial charge in [-0.2, -0.15) is 12.6 Å². The highest BCUT2D eigenvalue weighted by atomic mass is 32.1. The van der Waals surface area contributed by atoms with E-state index >= 15 is 0 Å². The van der Waals surface area contributed by atoms with E-state index in [9.17, 15) is 4.39 Å². The van der Waals surface area contributed by atoms with Crippen LogP contribution < -0.4 is 10.1 Å². The van der Waals surface area contributed by atoms with Crippen LogP contribution in [0.1, 0.15) is 6.42 Å². The minimum atomic E-state index is -0.265. The van der Waals surface area contributed by atoms with Crippen LogP contribution in [-0.2, 0) is 0 Å². The zero-order valence-corrected chi connectivity index (χ0v) is 8.98. The molecule has 0 aliphatic carbocycles. The third-order valence-corrected chi connectivity index (χ3v) is 2.13. The van der Waals surface area contributed by atoms with Gasteiger partial charge in [0, 0.05) is 12.6 Å². The van der Waals surface area contributed by atoms with Crippen molar-refractivity contribution < 1.29 is 9.13 Å². The van der Waals surface area contributed by atoms with Crippen molar-refractivity contribution >= 4 is 18.3 Å². The summed E-state index contributed by atoms with van der Waals surface area (Å²) >= 11 is 4.09. The fraction of sp³-hybridized carbons (Fsp3) is 0.400. The highest BCUT2D eigenvalue weighted by molar-refractivity contribution is 7.80. The van der Waals surface area contributed by atoms with Gasteiger partial charge in [-0.1, -0.05) is 0 Å². The molecule has 0 amide bonds. The summed E-state index contributed by atoms with van der Waals surface area (Å²) in [5, 5.41) is 3.09. The minimum Gasteiger partial charge on any atom is -0.495 e. The van der Waals surface area contributed by atoms with Gasteiger partial charge in [0.25, 0.3) is 0 Å². The molecule has 0 aliphatic rings. The molecule has 0 radical (unpaired) electrons. The van der Waals surface area contributed by atoms with Crippen LogP contribution in [0.25, 0.3) is 0 Å². The molecule has 78 valence electrons. The monoisotopic (exact) mass is 215 g/mol. The molecule has 0 bridgehead atoms. The fourth-order valence-electron chi connectivity index (χ4n) is 1.12. The van der Waals surface area contributed by atoms with Gasteiger partial charge in [0.15, 0.2) is 0 Å². The first-order valence-corrected chi connectivity index (χ1v) is 5.09. The maximum Gasteiger partial charge on any atom is 0.142 e. The van der Waals surface area contributed by atoms with E-state index < -0.39 is 0 Å². The Morgan fingerprint density at radius 3 is 2.93 bits per heavy atom. The van der Waals surface area contributed by atoms with Crippen LogP contribution in [0.3, 0.4) is 0 Å². The molecule has 0 spiro atoms. The van der Waals surface area contributed by atoms with E-state index in [2.05, 4.69) is 17.9 Å². The van der Waals surface area contributed by atoms with Crippen LogP contribution in [0.15, 0.2) is 18.2 Å². The molecule has 4 heteroatoms. The van der Waals surface area contributed by atoms with Crippen LogP contribution in [-0.4, -0.2) is 19.4 Å². The second-order valence-electron chi connectivity index (χ2n) is 2.85. The quantitative estimate of drug-likeness (QED) is 0.582. The standard InChI is InChI=1S/C10H14FNOS/c1-13-10-4-3-8(11)7-9(10)12-5-2-6-14/h3-4,7,12,14H,2,5-6H2,1H3. The van der Waals surface area contributed by atoms with Gasteiger partial charge in [-0.15, -0.1) is 0 Å². The van der Waals surface area contributed by atoms with Crippen molar-refractivity contribution in [3.8, 4) is 5.75 Å². The Kier molecular flexibility index (Phi) is 4.59. The molecule has 0 fully saturated rings. The van der Waals surface area contributed by atoms with Crippen LogP contribution in [0.4, 0.5) is 10.1 Å². The largest absolute Gasteiger partial charge is 0.495 e. The van der Waals surface area contributed by atoms with Gasteiger partial charge in [-0.25, -0.2) is 4.39 Å². The number of benzene rings is 1. The topological polar surface area (TPSA) is 21.3 Å². The fourth-order valence-corrected chi connectivity index (χ4v) is 1.28. The molecular weight excluding hydrogens is 201 g/mol. The molecule has 0 aromatic heterocycles. The summed E-state index contributed by atoms with van der Waals surface area (Å²) in [7, 11) is 1.57. The van der Waals surface area contributed by atoms with Crippen molar-refractivity contribution in [3.63, 3.8) is 0 Å². The molecule has 0 saturated carbocycles. The van der Waals surface area contributed by atoms with Gasteiger partial charge in [-0.05, 0) is 24.3 Å². The van der Waals surface area contributed by atoms with Crippen LogP contribution in [0.5, 0.6) is 5.75 Å². The lowest BCUT2D eigenvalue weighted by molar-refractivity contribution is 0.415. The number of halogens is 1. The number of hydrogen-bond donors (Lipinski definition) is 2. The summed E-state index contributed by atoms with van der Waals surface area (Å²) in [6.07, 6.45) is 0.933. The maximum absolute atomic E-state index is 12.9. The molecule has 1 aromatic rings. The number of ether oxygens (including phenoxy) is 1. The summed E-state index contributed by atoms with van der Waals surface area (Å²) in [6.45, 7) is 0.767. The maximum atomic E-state index is 12.9. The molecule has 1 aromatic carbocycles. The molecule has 2 nitrogen and oxygen atoms in total. The molecule has 0 heterocycles. The number of anilines is 1. The first-order chi connectivity index (χ1) is 6.77. The number of thiol groups is 1. The smallest absolute Gasteiger partial charge is 0.142 e. The van der Waals surface area contributed by atoms with Crippen LogP contribution in [0, 0.1) is 5.82 Å². The van der Waals surface area contributed by atoms with E-state index in [1.54, 1.807) is 13.2 Å². The second-order valence-corrected chi connectivity index (χ2v) is 3.30. The van der Waals surface area contributed by atoms with Crippen molar-refractivity contribution in [2.45, 2.75) is 6.42 Å². The summed E-state index contributed by atoms with van der Waals surface area (Å²) in [4.78, 5) is 0. The average molecular weight is 215 g/mol. The summed E-state index contributed by atoms with van der Waals surface area (Å²) in [5.74, 6) is 1.20. The normalized spacial score (nSPS) is 9.93. The van der Waals surface area contributed by atoms with Gasteiger partial charge in [0.05, 0.1) is 12.8 Å². The predicted molar refractivity (Wildman–Crippen MR) is 59.9 cm³/mol. The first kappa shape index (κ1) is 11.2. The Bertz CT molecular complexity index is 293. The number of rotatable bonds is 5. The van der Waals surface area contributed by atoms with Crippen molar-refractivity contribution in [1.82, 2.24) is 0 Å². The van der Waals surface area contributed by atoms with Crippen molar-refractivity contribution in [1.29, 1.82) is 0 Å². The van der Waals surface area contributed by atoms with E-state index in [1.165, 1.54) is 12.1 Å². The number of methoxy groups -OCH3 is 1. The minimum absolute atomic E-state index is 0.265. The van der Waals surface area contributed by atoms with Crippen LogP contribution >= 0.6 is 12.6 Å². The van der Waals surface area contributed by atoms with Gasteiger partial charge >= 0.3 is 0 Å². The van der Waals surface area contributed by atoms with Gasteiger partial charge < -0.3 is 10.1 Å². The van der Waals surface area contributed by atoms with E-state index in [-0.39, 0.29) is 5.82 Å². The number of hydrogen-bond acceptors (Lipinski definition) is 3. The van der Waals surface area contributed by atoms with Crippen molar-refractivity contribution in [3.05, 3.63) is 24.0 Å². The molecule has 0 saturated heterocycles. The lowest BCUT2D eigenvalue weighted by atomic mass is 10.2. The zero-order chi connectivity index (χ0) is 10.4. The Hall–Kier alpha value is -0.900. The zero-order valence-electron chi connectivity index (χ0n) is 8.09. The highest BCUT2D eigenvalue weighted by Gasteiger charge is 2.02. The Morgan fingerprint density at radius 2 is 2.29 bits per heavy atom. The van der Waals surface area contributed by atoms with Gasteiger partial charge in [-0.3, -0.25) is 0 Å². The average Bonchev–Trinajstić information content (AvgIpc) is 2.19.